The molecule has 1 amide bonds. The number of hydrogen-bond acceptors (Lipinski definition) is 5. The van der Waals surface area contributed by atoms with Crippen molar-refractivity contribution < 1.29 is 18.7 Å². The molecule has 3 rings (SSSR count). The number of carbonyl (C=O) groups excluding carboxylic acids is 1. The van der Waals surface area contributed by atoms with Gasteiger partial charge in [0.1, 0.15) is 11.5 Å². The molecule has 3 aromatic rings. The number of aryl methyl sites for hydroxylation is 1. The molecule has 28 heavy (non-hydrogen) atoms. The summed E-state index contributed by atoms with van der Waals surface area (Å²) in [5.41, 5.74) is 1.89. The number of oxazole rings is 1. The summed E-state index contributed by atoms with van der Waals surface area (Å²) in [6, 6.07) is 15.3. The lowest BCUT2D eigenvalue weighted by Gasteiger charge is -2.19. The standard InChI is InChI=1S/C22H24N2O4/c1-24(15-17-9-10-18(26-2)13-19(17)27-3)22(25)12-11-21-23-14-20(28-21)16-7-5-4-6-8-16/h4-10,13-14H,11-12,15H2,1-3H3. The number of aromatic nitrogens is 1. The van der Waals surface area contributed by atoms with E-state index in [1.807, 2.05) is 48.5 Å². The van der Waals surface area contributed by atoms with Crippen molar-refractivity contribution in [3.63, 3.8) is 0 Å². The maximum Gasteiger partial charge on any atom is 0.223 e. The summed E-state index contributed by atoms with van der Waals surface area (Å²) in [5.74, 6) is 2.69. The summed E-state index contributed by atoms with van der Waals surface area (Å²) in [4.78, 5) is 18.5. The number of ether oxygens (including phenoxy) is 2. The first kappa shape index (κ1) is 19.5. The molecule has 0 aliphatic carbocycles. The Balaban J connectivity index is 1.57. The molecule has 0 aliphatic heterocycles. The predicted molar refractivity (Wildman–Crippen MR) is 106 cm³/mol. The second-order valence-electron chi connectivity index (χ2n) is 6.41. The highest BCUT2D eigenvalue weighted by Gasteiger charge is 2.15. The van der Waals surface area contributed by atoms with Crippen molar-refractivity contribution in [1.29, 1.82) is 0 Å². The number of rotatable bonds is 8. The van der Waals surface area contributed by atoms with Gasteiger partial charge in [0.2, 0.25) is 5.91 Å². The molecule has 0 saturated heterocycles. The predicted octanol–water partition coefficient (Wildman–Crippen LogP) is 3.95. The molecule has 0 saturated carbocycles. The monoisotopic (exact) mass is 380 g/mol. The molecule has 0 fully saturated rings. The van der Waals surface area contributed by atoms with Crippen LogP contribution in [0.1, 0.15) is 17.9 Å². The zero-order chi connectivity index (χ0) is 19.9. The zero-order valence-corrected chi connectivity index (χ0v) is 16.3. The van der Waals surface area contributed by atoms with E-state index in [9.17, 15) is 4.79 Å². The molecular formula is C22H24N2O4. The summed E-state index contributed by atoms with van der Waals surface area (Å²) in [7, 11) is 4.99. The van der Waals surface area contributed by atoms with Crippen molar-refractivity contribution in [3.05, 3.63) is 66.2 Å². The summed E-state index contributed by atoms with van der Waals surface area (Å²) < 4.78 is 16.4. The maximum atomic E-state index is 12.5. The molecule has 0 spiro atoms. The van der Waals surface area contributed by atoms with Crippen molar-refractivity contribution in [2.75, 3.05) is 21.3 Å². The fraction of sp³-hybridized carbons (Fsp3) is 0.273. The minimum absolute atomic E-state index is 0.0114. The molecular weight excluding hydrogens is 356 g/mol. The van der Waals surface area contributed by atoms with Crippen LogP contribution in [-0.4, -0.2) is 37.1 Å². The van der Waals surface area contributed by atoms with Gasteiger partial charge in [0.25, 0.3) is 0 Å². The van der Waals surface area contributed by atoms with E-state index in [0.717, 1.165) is 11.1 Å². The number of hydrogen-bond donors (Lipinski definition) is 0. The van der Waals surface area contributed by atoms with Crippen LogP contribution >= 0.6 is 0 Å². The number of amides is 1. The van der Waals surface area contributed by atoms with Gasteiger partial charge in [-0.3, -0.25) is 4.79 Å². The van der Waals surface area contributed by atoms with Crippen molar-refractivity contribution in [2.45, 2.75) is 19.4 Å². The topological polar surface area (TPSA) is 64.8 Å². The minimum Gasteiger partial charge on any atom is -0.497 e. The number of nitrogens with zero attached hydrogens (tertiary/aromatic N) is 2. The van der Waals surface area contributed by atoms with Gasteiger partial charge in [0.05, 0.1) is 20.4 Å². The Morgan fingerprint density at radius 2 is 1.89 bits per heavy atom. The van der Waals surface area contributed by atoms with Gasteiger partial charge in [-0.05, 0) is 12.1 Å². The van der Waals surface area contributed by atoms with Gasteiger partial charge in [0, 0.05) is 43.6 Å². The van der Waals surface area contributed by atoms with Gasteiger partial charge in [-0.2, -0.15) is 0 Å². The van der Waals surface area contributed by atoms with Crippen LogP contribution in [0.25, 0.3) is 11.3 Å². The number of benzene rings is 2. The van der Waals surface area contributed by atoms with Crippen molar-refractivity contribution in [3.8, 4) is 22.8 Å². The summed E-state index contributed by atoms with van der Waals surface area (Å²) >= 11 is 0. The van der Waals surface area contributed by atoms with Crippen LogP contribution in [0.5, 0.6) is 11.5 Å². The fourth-order valence-corrected chi connectivity index (χ4v) is 2.89. The number of methoxy groups -OCH3 is 2. The normalized spacial score (nSPS) is 10.5. The molecule has 0 unspecified atom stereocenters. The Morgan fingerprint density at radius 3 is 2.61 bits per heavy atom. The van der Waals surface area contributed by atoms with E-state index < -0.39 is 0 Å². The van der Waals surface area contributed by atoms with Crippen LogP contribution in [0.2, 0.25) is 0 Å². The average molecular weight is 380 g/mol. The molecule has 6 heteroatoms. The van der Waals surface area contributed by atoms with Crippen LogP contribution in [-0.2, 0) is 17.8 Å². The Morgan fingerprint density at radius 1 is 1.11 bits per heavy atom. The highest BCUT2D eigenvalue weighted by atomic mass is 16.5. The molecule has 0 N–H and O–H groups in total. The van der Waals surface area contributed by atoms with Gasteiger partial charge in [-0.1, -0.05) is 30.3 Å². The highest BCUT2D eigenvalue weighted by Crippen LogP contribution is 2.26. The fourth-order valence-electron chi connectivity index (χ4n) is 2.89. The second kappa shape index (κ2) is 9.08. The van der Waals surface area contributed by atoms with Crippen molar-refractivity contribution in [2.24, 2.45) is 0 Å². The van der Waals surface area contributed by atoms with Gasteiger partial charge < -0.3 is 18.8 Å². The Labute approximate surface area is 164 Å². The Bertz CT molecular complexity index is 921. The van der Waals surface area contributed by atoms with Gasteiger partial charge >= 0.3 is 0 Å². The van der Waals surface area contributed by atoms with E-state index in [0.29, 0.717) is 42.5 Å². The van der Waals surface area contributed by atoms with Gasteiger partial charge in [0.15, 0.2) is 11.7 Å². The largest absolute Gasteiger partial charge is 0.497 e. The van der Waals surface area contributed by atoms with E-state index in [1.54, 1.807) is 32.4 Å². The smallest absolute Gasteiger partial charge is 0.223 e. The summed E-state index contributed by atoms with van der Waals surface area (Å²) in [5, 5.41) is 0. The zero-order valence-electron chi connectivity index (χ0n) is 16.3. The molecule has 2 aromatic carbocycles. The van der Waals surface area contributed by atoms with Crippen LogP contribution < -0.4 is 9.47 Å². The maximum absolute atomic E-state index is 12.5. The lowest BCUT2D eigenvalue weighted by Crippen LogP contribution is -2.26. The molecule has 0 aliphatic rings. The number of carbonyl (C=O) groups is 1. The highest BCUT2D eigenvalue weighted by molar-refractivity contribution is 5.76. The Kier molecular flexibility index (Phi) is 6.32. The molecule has 0 bridgehead atoms. The molecule has 1 heterocycles. The van der Waals surface area contributed by atoms with Gasteiger partial charge in [-0.15, -0.1) is 0 Å². The van der Waals surface area contributed by atoms with Crippen LogP contribution in [0.15, 0.2) is 59.1 Å². The summed E-state index contributed by atoms with van der Waals surface area (Å²) in [6.07, 6.45) is 2.47. The van der Waals surface area contributed by atoms with Crippen LogP contribution in [0.3, 0.4) is 0 Å². The summed E-state index contributed by atoms with van der Waals surface area (Å²) in [6.45, 7) is 0.451. The van der Waals surface area contributed by atoms with E-state index in [2.05, 4.69) is 4.98 Å². The van der Waals surface area contributed by atoms with Crippen LogP contribution in [0, 0.1) is 0 Å². The van der Waals surface area contributed by atoms with E-state index in [-0.39, 0.29) is 5.91 Å². The Hall–Kier alpha value is -3.28. The van der Waals surface area contributed by atoms with E-state index in [1.165, 1.54) is 0 Å². The van der Waals surface area contributed by atoms with Crippen LogP contribution in [0.4, 0.5) is 0 Å². The van der Waals surface area contributed by atoms with Gasteiger partial charge in [-0.25, -0.2) is 4.98 Å². The minimum atomic E-state index is 0.0114. The quantitative estimate of drug-likeness (QED) is 0.592. The molecule has 1 aromatic heterocycles. The lowest BCUT2D eigenvalue weighted by atomic mass is 10.1. The molecule has 0 radical (unpaired) electrons. The van der Waals surface area contributed by atoms with E-state index >= 15 is 0 Å². The second-order valence-corrected chi connectivity index (χ2v) is 6.41. The lowest BCUT2D eigenvalue weighted by molar-refractivity contribution is -0.130. The first-order chi connectivity index (χ1) is 13.6. The third-order valence-electron chi connectivity index (χ3n) is 4.49. The van der Waals surface area contributed by atoms with E-state index in [4.69, 9.17) is 13.9 Å². The molecule has 0 atom stereocenters. The molecule has 6 nitrogen and oxygen atoms in total. The third-order valence-corrected chi connectivity index (χ3v) is 4.49. The van der Waals surface area contributed by atoms with Crippen molar-refractivity contribution >= 4 is 5.91 Å². The third kappa shape index (κ3) is 4.71. The first-order valence-electron chi connectivity index (χ1n) is 9.05. The van der Waals surface area contributed by atoms with Crippen molar-refractivity contribution in [1.82, 2.24) is 9.88 Å². The average Bonchev–Trinajstić information content (AvgIpc) is 3.22. The first-order valence-corrected chi connectivity index (χ1v) is 9.05. The molecule has 146 valence electrons. The SMILES string of the molecule is COc1ccc(CN(C)C(=O)CCc2ncc(-c3ccccc3)o2)c(OC)c1.